The lowest BCUT2D eigenvalue weighted by Crippen LogP contribution is -2.44. The van der Waals surface area contributed by atoms with Gasteiger partial charge in [0.05, 0.1) is 6.54 Å². The number of hydrogen-bond donors (Lipinski definition) is 0. The van der Waals surface area contributed by atoms with Crippen LogP contribution in [-0.2, 0) is 9.53 Å². The molecule has 1 aromatic carbocycles. The van der Waals surface area contributed by atoms with Crippen molar-refractivity contribution in [2.24, 2.45) is 0 Å². The van der Waals surface area contributed by atoms with Gasteiger partial charge in [-0.1, -0.05) is 0 Å². The number of esters is 1. The Hall–Kier alpha value is -1.98. The van der Waals surface area contributed by atoms with Crippen molar-refractivity contribution in [1.29, 1.82) is 0 Å². The summed E-state index contributed by atoms with van der Waals surface area (Å²) in [5, 5.41) is 0. The van der Waals surface area contributed by atoms with E-state index < -0.39 is 29.6 Å². The molecule has 1 aromatic rings. The number of amides is 1. The predicted octanol–water partition coefficient (Wildman–Crippen LogP) is 1.10. The Morgan fingerprint density at radius 2 is 2.11 bits per heavy atom. The fraction of sp³-hybridized carbons (Fsp3) is 0.333. The zero-order valence-corrected chi connectivity index (χ0v) is 9.23. The van der Waals surface area contributed by atoms with Crippen molar-refractivity contribution in [2.75, 3.05) is 6.54 Å². The van der Waals surface area contributed by atoms with E-state index in [1.165, 1.54) is 11.0 Å². The van der Waals surface area contributed by atoms with Crippen molar-refractivity contribution < 1.29 is 23.1 Å². The minimum atomic E-state index is -1.08. The van der Waals surface area contributed by atoms with Crippen molar-refractivity contribution in [1.82, 2.24) is 4.90 Å². The highest BCUT2D eigenvalue weighted by atomic mass is 19.2. The molecule has 3 rings (SSSR count). The summed E-state index contributed by atoms with van der Waals surface area (Å²) >= 11 is 0. The van der Waals surface area contributed by atoms with Crippen LogP contribution < -0.4 is 0 Å². The van der Waals surface area contributed by atoms with Gasteiger partial charge in [0.1, 0.15) is 12.1 Å². The van der Waals surface area contributed by atoms with Gasteiger partial charge in [0, 0.05) is 12.0 Å². The Balaban J connectivity index is 1.87. The van der Waals surface area contributed by atoms with E-state index in [1.807, 2.05) is 0 Å². The Bertz CT molecular complexity index is 546. The maximum absolute atomic E-state index is 13.1. The molecular formula is C12H9F2NO3. The monoisotopic (exact) mass is 253 g/mol. The van der Waals surface area contributed by atoms with Crippen LogP contribution in [0.2, 0.25) is 0 Å². The topological polar surface area (TPSA) is 46.6 Å². The maximum atomic E-state index is 13.1. The number of halogens is 2. The van der Waals surface area contributed by atoms with E-state index >= 15 is 0 Å². The van der Waals surface area contributed by atoms with Crippen molar-refractivity contribution in [3.05, 3.63) is 35.4 Å². The second kappa shape index (κ2) is 3.76. The Morgan fingerprint density at radius 1 is 1.33 bits per heavy atom. The van der Waals surface area contributed by atoms with Crippen LogP contribution in [0.25, 0.3) is 0 Å². The molecule has 2 aliphatic heterocycles. The third kappa shape index (κ3) is 1.56. The number of rotatable bonds is 1. The first-order valence-electron chi connectivity index (χ1n) is 5.53. The van der Waals surface area contributed by atoms with Gasteiger partial charge in [-0.05, 0) is 18.2 Å². The SMILES string of the molecule is O=C1O[C@H]2C[C@@H]1N(C(=O)c1ccc(F)c(F)c1)C2. The molecule has 1 amide bonds. The minimum Gasteiger partial charge on any atom is -0.459 e. The van der Waals surface area contributed by atoms with Crippen LogP contribution in [0, 0.1) is 11.6 Å². The summed E-state index contributed by atoms with van der Waals surface area (Å²) in [5.74, 6) is -2.98. The summed E-state index contributed by atoms with van der Waals surface area (Å²) in [6.45, 7) is 0.314. The molecule has 2 bridgehead atoms. The lowest BCUT2D eigenvalue weighted by atomic mass is 10.1. The fourth-order valence-corrected chi connectivity index (χ4v) is 2.37. The smallest absolute Gasteiger partial charge is 0.329 e. The molecule has 0 N–H and O–H groups in total. The highest BCUT2D eigenvalue weighted by molar-refractivity contribution is 5.98. The summed E-state index contributed by atoms with van der Waals surface area (Å²) in [6.07, 6.45) is 0.214. The average Bonchev–Trinajstić information content (AvgIpc) is 2.90. The first-order valence-corrected chi connectivity index (χ1v) is 5.53. The van der Waals surface area contributed by atoms with Crippen molar-refractivity contribution in [3.63, 3.8) is 0 Å². The van der Waals surface area contributed by atoms with Gasteiger partial charge >= 0.3 is 5.97 Å². The fourth-order valence-electron chi connectivity index (χ4n) is 2.37. The van der Waals surface area contributed by atoms with Crippen LogP contribution in [0.4, 0.5) is 8.78 Å². The second-order valence-corrected chi connectivity index (χ2v) is 4.40. The number of morpholine rings is 1. The highest BCUT2D eigenvalue weighted by Crippen LogP contribution is 2.30. The van der Waals surface area contributed by atoms with Crippen LogP contribution in [0.3, 0.4) is 0 Å². The maximum Gasteiger partial charge on any atom is 0.329 e. The predicted molar refractivity (Wildman–Crippen MR) is 55.7 cm³/mol. The molecule has 2 heterocycles. The van der Waals surface area contributed by atoms with E-state index in [0.29, 0.717) is 13.0 Å². The molecule has 0 aromatic heterocycles. The molecule has 2 fully saturated rings. The normalized spacial score (nSPS) is 25.4. The lowest BCUT2D eigenvalue weighted by Gasteiger charge is -2.25. The molecule has 2 saturated heterocycles. The molecule has 0 radical (unpaired) electrons. The van der Waals surface area contributed by atoms with Crippen LogP contribution in [0.1, 0.15) is 16.8 Å². The number of ether oxygens (including phenoxy) is 1. The number of nitrogens with zero attached hydrogens (tertiary/aromatic N) is 1. The number of fused-ring (bicyclic) bond motifs is 2. The van der Waals surface area contributed by atoms with E-state index in [9.17, 15) is 18.4 Å². The van der Waals surface area contributed by atoms with Gasteiger partial charge in [-0.25, -0.2) is 13.6 Å². The summed E-state index contributed by atoms with van der Waals surface area (Å²) in [5.41, 5.74) is 0.0363. The standard InChI is InChI=1S/C12H9F2NO3/c13-8-2-1-6(3-9(8)14)11(16)15-5-7-4-10(15)12(17)18-7/h1-3,7,10H,4-5H2/t7-,10-/m0/s1. The van der Waals surface area contributed by atoms with Gasteiger partial charge in [0.15, 0.2) is 11.6 Å². The van der Waals surface area contributed by atoms with Crippen LogP contribution in [0.5, 0.6) is 0 Å². The highest BCUT2D eigenvalue weighted by Gasteiger charge is 2.48. The van der Waals surface area contributed by atoms with Gasteiger partial charge in [0.2, 0.25) is 0 Å². The minimum absolute atomic E-state index is 0.0363. The van der Waals surface area contributed by atoms with Crippen molar-refractivity contribution in [2.45, 2.75) is 18.6 Å². The van der Waals surface area contributed by atoms with Gasteiger partial charge < -0.3 is 9.64 Å². The Morgan fingerprint density at radius 3 is 2.72 bits per heavy atom. The summed E-state index contributed by atoms with van der Waals surface area (Å²) in [7, 11) is 0. The third-order valence-electron chi connectivity index (χ3n) is 3.25. The van der Waals surface area contributed by atoms with Crippen molar-refractivity contribution in [3.8, 4) is 0 Å². The molecule has 2 atom stereocenters. The lowest BCUT2D eigenvalue weighted by molar-refractivity contribution is -0.149. The van der Waals surface area contributed by atoms with Crippen LogP contribution in [0.15, 0.2) is 18.2 Å². The zero-order chi connectivity index (χ0) is 12.9. The Kier molecular flexibility index (Phi) is 2.33. The van der Waals surface area contributed by atoms with Gasteiger partial charge in [-0.2, -0.15) is 0 Å². The molecule has 0 spiro atoms. The van der Waals surface area contributed by atoms with E-state index in [1.54, 1.807) is 0 Å². The van der Waals surface area contributed by atoms with E-state index in [0.717, 1.165) is 12.1 Å². The summed E-state index contributed by atoms with van der Waals surface area (Å²) in [6, 6.07) is 2.36. The molecule has 0 aliphatic carbocycles. The molecule has 0 unspecified atom stereocenters. The van der Waals surface area contributed by atoms with Crippen LogP contribution in [-0.4, -0.2) is 35.5 Å². The van der Waals surface area contributed by atoms with E-state index in [2.05, 4.69) is 0 Å². The number of benzene rings is 1. The average molecular weight is 253 g/mol. The summed E-state index contributed by atoms with van der Waals surface area (Å²) < 4.78 is 30.8. The first kappa shape index (κ1) is 11.1. The number of carbonyl (C=O) groups is 2. The zero-order valence-electron chi connectivity index (χ0n) is 9.23. The molecule has 0 saturated carbocycles. The molecule has 94 valence electrons. The van der Waals surface area contributed by atoms with E-state index in [-0.39, 0.29) is 11.7 Å². The summed E-state index contributed by atoms with van der Waals surface area (Å²) in [4.78, 5) is 24.8. The molecular weight excluding hydrogens is 244 g/mol. The number of hydrogen-bond acceptors (Lipinski definition) is 3. The van der Waals surface area contributed by atoms with E-state index in [4.69, 9.17) is 4.74 Å². The molecule has 2 aliphatic rings. The quantitative estimate of drug-likeness (QED) is 0.704. The second-order valence-electron chi connectivity index (χ2n) is 4.40. The van der Waals surface area contributed by atoms with Gasteiger partial charge in [-0.3, -0.25) is 4.79 Å². The van der Waals surface area contributed by atoms with Crippen LogP contribution >= 0.6 is 0 Å². The largest absolute Gasteiger partial charge is 0.459 e. The number of likely N-dealkylation sites (tertiary alicyclic amines) is 1. The number of carbonyl (C=O) groups excluding carboxylic acids is 2. The molecule has 18 heavy (non-hydrogen) atoms. The molecule has 4 nitrogen and oxygen atoms in total. The van der Waals surface area contributed by atoms with Crippen molar-refractivity contribution >= 4 is 11.9 Å². The van der Waals surface area contributed by atoms with Gasteiger partial charge in [-0.15, -0.1) is 0 Å². The Labute approximate surface area is 101 Å². The molecule has 6 heteroatoms. The van der Waals surface area contributed by atoms with Gasteiger partial charge in [0.25, 0.3) is 5.91 Å². The third-order valence-corrected chi connectivity index (χ3v) is 3.25. The first-order chi connectivity index (χ1) is 8.56.